The van der Waals surface area contributed by atoms with Crippen molar-refractivity contribution in [2.75, 3.05) is 26.5 Å². The lowest BCUT2D eigenvalue weighted by Crippen LogP contribution is -2.26. The van der Waals surface area contributed by atoms with Crippen LogP contribution in [0.4, 0.5) is 17.6 Å². The van der Waals surface area contributed by atoms with E-state index in [1.54, 1.807) is 6.07 Å². The molecule has 3 aromatic carbocycles. The number of rotatable bonds is 8. The van der Waals surface area contributed by atoms with Crippen molar-refractivity contribution in [3.8, 4) is 28.0 Å². The van der Waals surface area contributed by atoms with Crippen molar-refractivity contribution >= 4 is 0 Å². The molecule has 0 spiro atoms. The third-order valence-electron chi connectivity index (χ3n) is 5.78. The summed E-state index contributed by atoms with van der Waals surface area (Å²) in [5, 5.41) is 0. The highest BCUT2D eigenvalue weighted by Crippen LogP contribution is 2.33. The second-order valence-corrected chi connectivity index (χ2v) is 8.28. The standard InChI is InChI=1S/C27H26F4O3/c1-2-3-17-15-33-27(34-16-17)19-6-4-18(5-7-19)20-8-9-22(23(29)12-20)21-13-24(30)26(25(31)14-21)32-11-10-28/h4-9,12-14,17,27H,2-3,10-11,15-16H2,1H3. The molecule has 3 aromatic rings. The summed E-state index contributed by atoms with van der Waals surface area (Å²) in [5.41, 5.74) is 2.35. The highest BCUT2D eigenvalue weighted by atomic mass is 19.1. The van der Waals surface area contributed by atoms with Gasteiger partial charge in [0.05, 0.1) is 13.2 Å². The fraction of sp³-hybridized carbons (Fsp3) is 0.333. The maximum absolute atomic E-state index is 14.9. The van der Waals surface area contributed by atoms with Gasteiger partial charge in [0.25, 0.3) is 0 Å². The molecular weight excluding hydrogens is 448 g/mol. The highest BCUT2D eigenvalue weighted by Gasteiger charge is 2.23. The number of ether oxygens (including phenoxy) is 3. The summed E-state index contributed by atoms with van der Waals surface area (Å²) in [5.74, 6) is -2.92. The van der Waals surface area contributed by atoms with Crippen LogP contribution in [0.25, 0.3) is 22.3 Å². The summed E-state index contributed by atoms with van der Waals surface area (Å²) in [6.45, 7) is 2.12. The van der Waals surface area contributed by atoms with E-state index in [0.29, 0.717) is 24.7 Å². The molecule has 0 N–H and O–H groups in total. The van der Waals surface area contributed by atoms with Crippen molar-refractivity contribution in [1.29, 1.82) is 0 Å². The lowest BCUT2D eigenvalue weighted by molar-refractivity contribution is -0.206. The fourth-order valence-corrected chi connectivity index (χ4v) is 4.07. The van der Waals surface area contributed by atoms with Gasteiger partial charge in [0, 0.05) is 17.0 Å². The third-order valence-corrected chi connectivity index (χ3v) is 5.78. The number of benzene rings is 3. The number of halogens is 4. The zero-order valence-electron chi connectivity index (χ0n) is 18.8. The monoisotopic (exact) mass is 474 g/mol. The molecule has 1 fully saturated rings. The maximum atomic E-state index is 14.9. The average molecular weight is 474 g/mol. The molecule has 0 aromatic heterocycles. The van der Waals surface area contributed by atoms with E-state index in [-0.39, 0.29) is 11.1 Å². The Morgan fingerprint density at radius 2 is 1.44 bits per heavy atom. The van der Waals surface area contributed by atoms with Crippen LogP contribution in [0.2, 0.25) is 0 Å². The molecule has 180 valence electrons. The Morgan fingerprint density at radius 3 is 2.03 bits per heavy atom. The molecule has 7 heteroatoms. The summed E-state index contributed by atoms with van der Waals surface area (Å²) in [4.78, 5) is 0. The molecule has 0 atom stereocenters. The first kappa shape index (κ1) is 24.2. The summed E-state index contributed by atoms with van der Waals surface area (Å²) in [6.07, 6.45) is 1.75. The zero-order valence-corrected chi connectivity index (χ0v) is 18.8. The van der Waals surface area contributed by atoms with Gasteiger partial charge in [-0.25, -0.2) is 17.6 Å². The quantitative estimate of drug-likeness (QED) is 0.322. The molecule has 3 nitrogen and oxygen atoms in total. The normalized spacial score (nSPS) is 18.1. The molecule has 0 saturated carbocycles. The van der Waals surface area contributed by atoms with Crippen LogP contribution in [0.5, 0.6) is 5.75 Å². The van der Waals surface area contributed by atoms with Crippen LogP contribution in [0, 0.1) is 23.4 Å². The Morgan fingerprint density at radius 1 is 0.824 bits per heavy atom. The van der Waals surface area contributed by atoms with E-state index in [1.165, 1.54) is 12.1 Å². The Hall–Kier alpha value is -2.90. The van der Waals surface area contributed by atoms with Crippen LogP contribution in [0.1, 0.15) is 31.6 Å². The van der Waals surface area contributed by atoms with Gasteiger partial charge in [-0.2, -0.15) is 0 Å². The lowest BCUT2D eigenvalue weighted by Gasteiger charge is -2.29. The number of hydrogen-bond acceptors (Lipinski definition) is 3. The van der Waals surface area contributed by atoms with Gasteiger partial charge < -0.3 is 14.2 Å². The van der Waals surface area contributed by atoms with E-state index >= 15 is 0 Å². The van der Waals surface area contributed by atoms with Crippen molar-refractivity contribution in [2.45, 2.75) is 26.1 Å². The zero-order chi connectivity index (χ0) is 24.1. The molecule has 1 aliphatic rings. The van der Waals surface area contributed by atoms with Crippen molar-refractivity contribution < 1.29 is 31.8 Å². The van der Waals surface area contributed by atoms with E-state index in [1.807, 2.05) is 24.3 Å². The first-order valence-corrected chi connectivity index (χ1v) is 11.3. The molecule has 0 aliphatic carbocycles. The van der Waals surface area contributed by atoms with E-state index in [2.05, 4.69) is 6.92 Å². The first-order chi connectivity index (χ1) is 16.5. The maximum Gasteiger partial charge on any atom is 0.190 e. The molecular formula is C27H26F4O3. The second-order valence-electron chi connectivity index (χ2n) is 8.28. The predicted octanol–water partition coefficient (Wildman–Crippen LogP) is 7.25. The van der Waals surface area contributed by atoms with Crippen molar-refractivity contribution in [1.82, 2.24) is 0 Å². The van der Waals surface area contributed by atoms with E-state index in [4.69, 9.17) is 14.2 Å². The van der Waals surface area contributed by atoms with Crippen LogP contribution in [0.3, 0.4) is 0 Å². The van der Waals surface area contributed by atoms with Gasteiger partial charge in [-0.1, -0.05) is 49.7 Å². The SMILES string of the molecule is CCCC1COC(c2ccc(-c3ccc(-c4cc(F)c(OCCF)c(F)c4)c(F)c3)cc2)OC1. The van der Waals surface area contributed by atoms with Gasteiger partial charge in [0.15, 0.2) is 23.7 Å². The predicted molar refractivity (Wildman–Crippen MR) is 122 cm³/mol. The fourth-order valence-electron chi connectivity index (χ4n) is 4.07. The number of hydrogen-bond donors (Lipinski definition) is 0. The molecule has 0 radical (unpaired) electrons. The van der Waals surface area contributed by atoms with Gasteiger partial charge in [-0.05, 0) is 41.3 Å². The van der Waals surface area contributed by atoms with Crippen LogP contribution >= 0.6 is 0 Å². The average Bonchev–Trinajstić information content (AvgIpc) is 2.84. The number of alkyl halides is 1. The van der Waals surface area contributed by atoms with Crippen LogP contribution in [-0.2, 0) is 9.47 Å². The minimum Gasteiger partial charge on any atom is -0.485 e. The molecule has 0 amide bonds. The van der Waals surface area contributed by atoms with E-state index in [0.717, 1.165) is 36.1 Å². The minimum atomic E-state index is -1.02. The molecule has 1 heterocycles. The smallest absolute Gasteiger partial charge is 0.190 e. The molecule has 0 bridgehead atoms. The summed E-state index contributed by atoms with van der Waals surface area (Å²) < 4.78 is 72.0. The largest absolute Gasteiger partial charge is 0.485 e. The van der Waals surface area contributed by atoms with Crippen molar-refractivity contribution in [3.63, 3.8) is 0 Å². The van der Waals surface area contributed by atoms with E-state index < -0.39 is 42.8 Å². The van der Waals surface area contributed by atoms with Gasteiger partial charge in [-0.3, -0.25) is 0 Å². The molecule has 1 saturated heterocycles. The topological polar surface area (TPSA) is 27.7 Å². The second kappa shape index (κ2) is 11.0. The van der Waals surface area contributed by atoms with Crippen LogP contribution in [0.15, 0.2) is 54.6 Å². The van der Waals surface area contributed by atoms with E-state index in [9.17, 15) is 17.6 Å². The van der Waals surface area contributed by atoms with Gasteiger partial charge >= 0.3 is 0 Å². The Balaban J connectivity index is 1.49. The molecule has 4 rings (SSSR count). The first-order valence-electron chi connectivity index (χ1n) is 11.3. The van der Waals surface area contributed by atoms with Crippen LogP contribution < -0.4 is 4.74 Å². The Kier molecular flexibility index (Phi) is 7.85. The Bertz CT molecular complexity index is 1090. The summed E-state index contributed by atoms with van der Waals surface area (Å²) >= 11 is 0. The van der Waals surface area contributed by atoms with Crippen LogP contribution in [-0.4, -0.2) is 26.5 Å². The molecule has 0 unspecified atom stereocenters. The van der Waals surface area contributed by atoms with Gasteiger partial charge in [0.1, 0.15) is 19.1 Å². The van der Waals surface area contributed by atoms with Gasteiger partial charge in [0.2, 0.25) is 0 Å². The highest BCUT2D eigenvalue weighted by molar-refractivity contribution is 5.71. The third kappa shape index (κ3) is 5.42. The minimum absolute atomic E-state index is 0.0231. The lowest BCUT2D eigenvalue weighted by atomic mass is 9.98. The Labute approximate surface area is 196 Å². The van der Waals surface area contributed by atoms with Crippen molar-refractivity contribution in [3.05, 3.63) is 77.6 Å². The molecule has 1 aliphatic heterocycles. The summed E-state index contributed by atoms with van der Waals surface area (Å²) in [7, 11) is 0. The van der Waals surface area contributed by atoms with Gasteiger partial charge in [-0.15, -0.1) is 0 Å². The van der Waals surface area contributed by atoms with Crippen molar-refractivity contribution in [2.24, 2.45) is 5.92 Å². The summed E-state index contributed by atoms with van der Waals surface area (Å²) in [6, 6.07) is 13.9. The molecule has 34 heavy (non-hydrogen) atoms.